The Balaban J connectivity index is 1.18. The van der Waals surface area contributed by atoms with Crippen LogP contribution in [0.1, 0.15) is 86.1 Å². The van der Waals surface area contributed by atoms with Crippen molar-refractivity contribution >= 4 is 102 Å². The molecule has 310 valence electrons. The van der Waals surface area contributed by atoms with Gasteiger partial charge in [-0.2, -0.15) is 0 Å². The predicted octanol–water partition coefficient (Wildman–Crippen LogP) is 15.1. The van der Waals surface area contributed by atoms with Gasteiger partial charge in [0, 0.05) is 53.5 Å². The minimum atomic E-state index is -2.60. The van der Waals surface area contributed by atoms with Gasteiger partial charge in [0.2, 0.25) is 0 Å². The smallest absolute Gasteiger partial charge is 0.360 e. The average Bonchev–Trinajstić information content (AvgIpc) is 3.85. The molecular weight excluding hydrogens is 818 g/mol. The fraction of sp³-hybridized carbons (Fsp3) is 0.259. The third-order valence-corrected chi connectivity index (χ3v) is 21.8. The van der Waals surface area contributed by atoms with E-state index in [0.29, 0.717) is 0 Å². The summed E-state index contributed by atoms with van der Waals surface area (Å²) in [6, 6.07) is 38.5. The lowest BCUT2D eigenvalue weighted by atomic mass is 9.60. The Kier molecular flexibility index (Phi) is 7.47. The highest BCUT2D eigenvalue weighted by atomic mass is 32.2. The van der Waals surface area contributed by atoms with Crippen LogP contribution in [0, 0.1) is 27.7 Å². The standard InChI is InChI=1S/C54H52B2N4S2Si/c1-29-25-41-47-49(31(29)3)61-43-19-15-13-17-39(43)59(47)55-51-45(35-27-33(53(5,6)7)21-23-37(35)57(41)55)46-36-28-34(54(8,9)10)22-24-38(36)58-42-26-30(2)32(4)50-48(42)60(56(58)52(46)63(51,11)12)40-18-14-16-20-44(40)62-50/h13-28H,1-12H3. The Morgan fingerprint density at radius 3 is 1.25 bits per heavy atom. The molecule has 0 saturated heterocycles. The summed E-state index contributed by atoms with van der Waals surface area (Å²) >= 11 is 3.93. The van der Waals surface area contributed by atoms with E-state index in [1.54, 1.807) is 10.2 Å². The molecule has 0 radical (unpaired) electrons. The Hall–Kier alpha value is -4.95. The summed E-state index contributed by atoms with van der Waals surface area (Å²) in [5, 5.41) is 3.28. The second-order valence-electron chi connectivity index (χ2n) is 21.6. The Bertz CT molecular complexity index is 3010. The predicted molar refractivity (Wildman–Crippen MR) is 275 cm³/mol. The number of anilines is 8. The summed E-state index contributed by atoms with van der Waals surface area (Å²) in [6.07, 6.45) is 0. The molecule has 0 amide bonds. The van der Waals surface area contributed by atoms with Gasteiger partial charge in [-0.05, 0) is 144 Å². The molecule has 0 aromatic heterocycles. The molecule has 0 N–H and O–H groups in total. The first kappa shape index (κ1) is 38.5. The first-order chi connectivity index (χ1) is 30.0. The van der Waals surface area contributed by atoms with Crippen LogP contribution in [-0.2, 0) is 10.8 Å². The van der Waals surface area contributed by atoms with Crippen LogP contribution in [0.3, 0.4) is 0 Å². The second kappa shape index (κ2) is 12.2. The van der Waals surface area contributed by atoms with E-state index in [4.69, 9.17) is 0 Å². The summed E-state index contributed by atoms with van der Waals surface area (Å²) in [7, 11) is -2.60. The van der Waals surface area contributed by atoms with Crippen LogP contribution in [0.2, 0.25) is 13.1 Å². The van der Waals surface area contributed by atoms with Gasteiger partial charge in [-0.3, -0.25) is 0 Å². The number of rotatable bonds is 0. The van der Waals surface area contributed by atoms with Gasteiger partial charge in [0.05, 0.1) is 30.8 Å². The van der Waals surface area contributed by atoms with E-state index in [1.165, 1.54) is 121 Å². The topological polar surface area (TPSA) is 13.0 Å². The molecule has 6 aromatic rings. The molecule has 7 aliphatic heterocycles. The molecular formula is C54H52B2N4S2Si. The van der Waals surface area contributed by atoms with Crippen molar-refractivity contribution in [1.29, 1.82) is 0 Å². The lowest BCUT2D eigenvalue weighted by molar-refractivity contribution is 0.590. The number of hydrogen-bond acceptors (Lipinski definition) is 6. The second-order valence-corrected chi connectivity index (χ2v) is 28.0. The highest BCUT2D eigenvalue weighted by Gasteiger charge is 2.65. The molecule has 6 aromatic carbocycles. The summed E-state index contributed by atoms with van der Waals surface area (Å²) in [5.41, 5.74) is 24.8. The highest BCUT2D eigenvalue weighted by molar-refractivity contribution is 8.00. The first-order valence-corrected chi connectivity index (χ1v) is 27.4. The fourth-order valence-corrected chi connectivity index (χ4v) is 18.5. The number of benzene rings is 6. The van der Waals surface area contributed by atoms with Gasteiger partial charge < -0.3 is 19.2 Å². The van der Waals surface area contributed by atoms with Gasteiger partial charge in [-0.1, -0.05) is 125 Å². The van der Waals surface area contributed by atoms with Crippen molar-refractivity contribution in [3.63, 3.8) is 0 Å². The summed E-state index contributed by atoms with van der Waals surface area (Å²) in [5.74, 6) is 0. The van der Waals surface area contributed by atoms with Crippen LogP contribution in [0.25, 0.3) is 11.1 Å². The average molecular weight is 871 g/mol. The molecule has 0 spiro atoms. The van der Waals surface area contributed by atoms with Crippen molar-refractivity contribution in [3.05, 3.63) is 152 Å². The first-order valence-electron chi connectivity index (χ1n) is 22.8. The quantitative estimate of drug-likeness (QED) is 0.140. The van der Waals surface area contributed by atoms with Crippen LogP contribution in [0.5, 0.6) is 0 Å². The van der Waals surface area contributed by atoms with E-state index in [9.17, 15) is 0 Å². The monoisotopic (exact) mass is 870 g/mol. The summed E-state index contributed by atoms with van der Waals surface area (Å²) in [4.78, 5) is 16.6. The number of aryl methyl sites for hydroxylation is 2. The van der Waals surface area contributed by atoms with E-state index < -0.39 is 8.07 Å². The van der Waals surface area contributed by atoms with Crippen LogP contribution in [-0.4, -0.2) is 22.0 Å². The zero-order chi connectivity index (χ0) is 43.5. The molecule has 0 atom stereocenters. The Labute approximate surface area is 383 Å². The van der Waals surface area contributed by atoms with E-state index in [0.717, 1.165) is 0 Å². The maximum Gasteiger partial charge on any atom is 0.413 e. The molecule has 13 rings (SSSR count). The van der Waals surface area contributed by atoms with Crippen LogP contribution < -0.4 is 19.2 Å². The van der Waals surface area contributed by atoms with E-state index in [-0.39, 0.29) is 24.8 Å². The fourth-order valence-electron chi connectivity index (χ4n) is 12.1. The van der Waals surface area contributed by atoms with Crippen molar-refractivity contribution in [2.75, 3.05) is 19.2 Å². The minimum Gasteiger partial charge on any atom is -0.360 e. The number of hydrogen-bond donors (Lipinski definition) is 0. The van der Waals surface area contributed by atoms with Crippen LogP contribution in [0.4, 0.5) is 45.5 Å². The van der Waals surface area contributed by atoms with Crippen LogP contribution >= 0.6 is 23.5 Å². The van der Waals surface area contributed by atoms with E-state index in [2.05, 4.69) is 199 Å². The van der Waals surface area contributed by atoms with Gasteiger partial charge >= 0.3 is 14.0 Å². The van der Waals surface area contributed by atoms with Crippen molar-refractivity contribution in [3.8, 4) is 0 Å². The highest BCUT2D eigenvalue weighted by Crippen LogP contribution is 2.69. The van der Waals surface area contributed by atoms with Crippen molar-refractivity contribution in [2.45, 2.75) is 113 Å². The van der Waals surface area contributed by atoms with Gasteiger partial charge in [0.1, 0.15) is 0 Å². The van der Waals surface area contributed by atoms with E-state index >= 15 is 0 Å². The molecule has 7 aliphatic rings. The number of nitrogens with zero attached hydrogens (tertiary/aromatic N) is 4. The van der Waals surface area contributed by atoms with Gasteiger partial charge in [0.25, 0.3) is 0 Å². The minimum absolute atomic E-state index is 0.00739. The zero-order valence-electron chi connectivity index (χ0n) is 38.5. The third-order valence-electron chi connectivity index (χ3n) is 15.6. The molecule has 0 saturated carbocycles. The maximum absolute atomic E-state index is 2.79. The maximum atomic E-state index is 2.79. The zero-order valence-corrected chi connectivity index (χ0v) is 41.1. The Morgan fingerprint density at radius 1 is 0.460 bits per heavy atom. The molecule has 9 heteroatoms. The molecule has 7 heterocycles. The van der Waals surface area contributed by atoms with Crippen molar-refractivity contribution < 1.29 is 0 Å². The third kappa shape index (κ3) is 4.74. The molecule has 0 fully saturated rings. The molecule has 0 bridgehead atoms. The van der Waals surface area contributed by atoms with Gasteiger partial charge in [0.15, 0.2) is 0 Å². The van der Waals surface area contributed by atoms with Gasteiger partial charge in [-0.25, -0.2) is 0 Å². The number of para-hydroxylation sites is 2. The largest absolute Gasteiger partial charge is 0.413 e. The number of fused-ring (bicyclic) bond motifs is 19. The summed E-state index contributed by atoms with van der Waals surface area (Å²) in [6.45, 7) is 29.0. The number of allylic oxidation sites excluding steroid dienone is 2. The summed E-state index contributed by atoms with van der Waals surface area (Å²) < 4.78 is 0. The lowest BCUT2D eigenvalue weighted by Gasteiger charge is -2.43. The normalized spacial score (nSPS) is 17.8. The molecule has 0 unspecified atom stereocenters. The molecule has 63 heavy (non-hydrogen) atoms. The van der Waals surface area contributed by atoms with Crippen LogP contribution in [0.15, 0.2) is 127 Å². The van der Waals surface area contributed by atoms with Gasteiger partial charge in [-0.15, -0.1) is 0 Å². The van der Waals surface area contributed by atoms with E-state index in [1.807, 2.05) is 23.5 Å². The SMILES string of the molecule is Cc1cc2c3c(c1C)Sc1ccccc1N3B1C3=C(C4=C(B5N(c6ccc(C(C)(C)C)cc64)c4cc(C)c(C)c6c4N5c4ccccc4S6)[Si]3(C)C)c3cc(C(C)(C)C)ccc3N12. The van der Waals surface area contributed by atoms with Crippen molar-refractivity contribution in [2.24, 2.45) is 0 Å². The molecule has 4 nitrogen and oxygen atoms in total. The molecule has 0 aliphatic carbocycles. The Morgan fingerprint density at radius 2 is 0.857 bits per heavy atom. The van der Waals surface area contributed by atoms with Crippen molar-refractivity contribution in [1.82, 2.24) is 0 Å². The lowest BCUT2D eigenvalue weighted by Crippen LogP contribution is -2.59.